The van der Waals surface area contributed by atoms with E-state index in [-0.39, 0.29) is 0 Å². The summed E-state index contributed by atoms with van der Waals surface area (Å²) in [5, 5.41) is 0. The number of terminal acetylenes is 1. The molecule has 0 aromatic heterocycles. The summed E-state index contributed by atoms with van der Waals surface area (Å²) in [6.07, 6.45) is 4.87. The molecule has 0 saturated carbocycles. The molecule has 0 bridgehead atoms. The van der Waals surface area contributed by atoms with Gasteiger partial charge in [0.25, 0.3) is 8.32 Å². The van der Waals surface area contributed by atoms with Crippen molar-refractivity contribution in [3.05, 3.63) is 0 Å². The van der Waals surface area contributed by atoms with E-state index in [0.717, 1.165) is 0 Å². The molecule has 34 valence electrons. The second-order valence-electron chi connectivity index (χ2n) is 1.70. The molecule has 0 aromatic rings. The van der Waals surface area contributed by atoms with Crippen LogP contribution in [0.4, 0.5) is 0 Å². The molecule has 6 heavy (non-hydrogen) atoms. The quantitative estimate of drug-likeness (QED) is 0.344. The van der Waals surface area contributed by atoms with E-state index in [2.05, 4.69) is 5.54 Å². The SMILES string of the molecule is C#C[Si](C)(C)O. The molecule has 0 aliphatic heterocycles. The van der Waals surface area contributed by atoms with Crippen LogP contribution in [0, 0.1) is 12.0 Å². The Morgan fingerprint density at radius 1 is 1.67 bits per heavy atom. The van der Waals surface area contributed by atoms with Crippen molar-refractivity contribution < 1.29 is 4.80 Å². The monoisotopic (exact) mass is 100 g/mol. The lowest BCUT2D eigenvalue weighted by molar-refractivity contribution is 0.570. The Morgan fingerprint density at radius 2 is 1.83 bits per heavy atom. The minimum Gasteiger partial charge on any atom is -0.422 e. The van der Waals surface area contributed by atoms with Gasteiger partial charge in [0.05, 0.1) is 0 Å². The van der Waals surface area contributed by atoms with E-state index in [1.54, 1.807) is 13.1 Å². The van der Waals surface area contributed by atoms with E-state index in [4.69, 9.17) is 11.2 Å². The molecule has 0 radical (unpaired) electrons. The molecule has 0 aromatic carbocycles. The number of hydrogen-bond acceptors (Lipinski definition) is 1. The van der Waals surface area contributed by atoms with E-state index in [9.17, 15) is 0 Å². The van der Waals surface area contributed by atoms with E-state index < -0.39 is 8.32 Å². The highest BCUT2D eigenvalue weighted by molar-refractivity contribution is 6.77. The summed E-state index contributed by atoms with van der Waals surface area (Å²) in [6, 6.07) is 0. The first-order valence-electron chi connectivity index (χ1n) is 1.76. The van der Waals surface area contributed by atoms with Gasteiger partial charge in [0.15, 0.2) is 0 Å². The zero-order valence-corrected chi connectivity index (χ0v) is 5.02. The van der Waals surface area contributed by atoms with E-state index in [1.165, 1.54) is 0 Å². The number of hydrogen-bond donors (Lipinski definition) is 1. The van der Waals surface area contributed by atoms with Crippen LogP contribution in [0.1, 0.15) is 0 Å². The van der Waals surface area contributed by atoms with Crippen LogP contribution in [-0.2, 0) is 0 Å². The maximum Gasteiger partial charge on any atom is 0.262 e. The van der Waals surface area contributed by atoms with Gasteiger partial charge in [-0.15, -0.1) is 12.0 Å². The maximum atomic E-state index is 8.73. The van der Waals surface area contributed by atoms with Crippen molar-refractivity contribution in [1.29, 1.82) is 0 Å². The molecule has 0 spiro atoms. The molecule has 1 N–H and O–H groups in total. The third kappa shape index (κ3) is 3.74. The standard InChI is InChI=1S/C4H8OSi/c1-4-6(2,3)5/h1,5H,2-3H3. The van der Waals surface area contributed by atoms with Crippen LogP contribution in [-0.4, -0.2) is 13.1 Å². The van der Waals surface area contributed by atoms with E-state index in [0.29, 0.717) is 0 Å². The molecule has 0 amide bonds. The average Bonchev–Trinajstić information content (AvgIpc) is 1.35. The van der Waals surface area contributed by atoms with Crippen LogP contribution in [0.15, 0.2) is 0 Å². The minimum atomic E-state index is -2.10. The second-order valence-corrected chi connectivity index (χ2v) is 5.11. The lowest BCUT2D eigenvalue weighted by Gasteiger charge is -1.99. The molecule has 0 unspecified atom stereocenters. The highest BCUT2D eigenvalue weighted by atomic mass is 28.4. The predicted molar refractivity (Wildman–Crippen MR) is 28.5 cm³/mol. The predicted octanol–water partition coefficient (Wildman–Crippen LogP) is 0.356. The fourth-order valence-corrected chi connectivity index (χ4v) is 0. The Kier molecular flexibility index (Phi) is 1.39. The molecule has 0 rings (SSSR count). The molecular weight excluding hydrogens is 92.1 g/mol. The van der Waals surface area contributed by atoms with Gasteiger partial charge in [-0.1, -0.05) is 0 Å². The Bertz CT molecular complexity index is 74.5. The highest BCUT2D eigenvalue weighted by Gasteiger charge is 2.09. The molecule has 0 aliphatic rings. The first-order chi connectivity index (χ1) is 2.56. The summed E-state index contributed by atoms with van der Waals surface area (Å²) < 4.78 is 0. The zero-order valence-electron chi connectivity index (χ0n) is 4.02. The fraction of sp³-hybridized carbons (Fsp3) is 0.500. The first kappa shape index (κ1) is 5.74. The largest absolute Gasteiger partial charge is 0.422 e. The van der Waals surface area contributed by atoms with Crippen molar-refractivity contribution in [1.82, 2.24) is 0 Å². The third-order valence-electron chi connectivity index (χ3n) is 0.353. The van der Waals surface area contributed by atoms with Gasteiger partial charge >= 0.3 is 0 Å². The average molecular weight is 100 g/mol. The second kappa shape index (κ2) is 1.46. The summed E-state index contributed by atoms with van der Waals surface area (Å²) in [5.41, 5.74) is 2.30. The summed E-state index contributed by atoms with van der Waals surface area (Å²) in [6.45, 7) is 3.40. The van der Waals surface area contributed by atoms with Gasteiger partial charge < -0.3 is 4.80 Å². The van der Waals surface area contributed by atoms with Gasteiger partial charge in [0, 0.05) is 0 Å². The van der Waals surface area contributed by atoms with Crippen LogP contribution in [0.2, 0.25) is 13.1 Å². The van der Waals surface area contributed by atoms with Crippen molar-refractivity contribution in [2.75, 3.05) is 0 Å². The van der Waals surface area contributed by atoms with E-state index >= 15 is 0 Å². The topological polar surface area (TPSA) is 20.2 Å². The fourth-order valence-electron chi connectivity index (χ4n) is 0. The van der Waals surface area contributed by atoms with Crippen molar-refractivity contribution >= 4 is 8.32 Å². The molecule has 1 nitrogen and oxygen atoms in total. The van der Waals surface area contributed by atoms with E-state index in [1.807, 2.05) is 0 Å². The molecular formula is C4H8OSi. The van der Waals surface area contributed by atoms with Gasteiger partial charge in [-0.25, -0.2) is 0 Å². The van der Waals surface area contributed by atoms with Crippen LogP contribution >= 0.6 is 0 Å². The van der Waals surface area contributed by atoms with Gasteiger partial charge in [0.1, 0.15) is 0 Å². The van der Waals surface area contributed by atoms with Crippen LogP contribution < -0.4 is 0 Å². The Balaban J connectivity index is 3.55. The molecule has 0 fully saturated rings. The molecule has 2 heteroatoms. The summed E-state index contributed by atoms with van der Waals surface area (Å²) in [4.78, 5) is 8.73. The summed E-state index contributed by atoms with van der Waals surface area (Å²) in [7, 11) is -2.10. The third-order valence-corrected chi connectivity index (χ3v) is 1.06. The summed E-state index contributed by atoms with van der Waals surface area (Å²) >= 11 is 0. The van der Waals surface area contributed by atoms with Crippen LogP contribution in [0.5, 0.6) is 0 Å². The van der Waals surface area contributed by atoms with Gasteiger partial charge in [-0.05, 0) is 13.1 Å². The Hall–Kier alpha value is -0.263. The maximum absolute atomic E-state index is 8.73. The number of rotatable bonds is 0. The van der Waals surface area contributed by atoms with Crippen LogP contribution in [0.3, 0.4) is 0 Å². The van der Waals surface area contributed by atoms with Crippen molar-refractivity contribution in [3.63, 3.8) is 0 Å². The van der Waals surface area contributed by atoms with Crippen molar-refractivity contribution in [2.45, 2.75) is 13.1 Å². The van der Waals surface area contributed by atoms with Crippen molar-refractivity contribution in [3.8, 4) is 12.0 Å². The lowest BCUT2D eigenvalue weighted by atomic mass is 11.4. The molecule has 0 aliphatic carbocycles. The molecule has 0 saturated heterocycles. The van der Waals surface area contributed by atoms with Gasteiger partial charge in [-0.2, -0.15) is 0 Å². The highest BCUT2D eigenvalue weighted by Crippen LogP contribution is 1.88. The molecule has 0 atom stereocenters. The smallest absolute Gasteiger partial charge is 0.262 e. The van der Waals surface area contributed by atoms with Gasteiger partial charge in [-0.3, -0.25) is 0 Å². The van der Waals surface area contributed by atoms with Crippen molar-refractivity contribution in [2.24, 2.45) is 0 Å². The lowest BCUT2D eigenvalue weighted by Crippen LogP contribution is -2.21. The normalized spacial score (nSPS) is 10.3. The Labute approximate surface area is 39.1 Å². The zero-order chi connectivity index (χ0) is 5.21. The Morgan fingerprint density at radius 3 is 1.83 bits per heavy atom. The molecule has 0 heterocycles. The summed E-state index contributed by atoms with van der Waals surface area (Å²) in [5.74, 6) is 0. The minimum absolute atomic E-state index is 1.70. The first-order valence-corrected chi connectivity index (χ1v) is 4.71. The van der Waals surface area contributed by atoms with Crippen LogP contribution in [0.25, 0.3) is 0 Å². The van der Waals surface area contributed by atoms with Gasteiger partial charge in [0.2, 0.25) is 0 Å².